The Balaban J connectivity index is 1.59. The second-order valence-electron chi connectivity index (χ2n) is 7.62. The van der Waals surface area contributed by atoms with Gasteiger partial charge in [-0.1, -0.05) is 18.6 Å². The Morgan fingerprint density at radius 3 is 2.76 bits per heavy atom. The van der Waals surface area contributed by atoms with Crippen molar-refractivity contribution in [2.45, 2.75) is 45.3 Å². The van der Waals surface area contributed by atoms with Crippen LogP contribution in [0.2, 0.25) is 0 Å². The van der Waals surface area contributed by atoms with Gasteiger partial charge in [0.05, 0.1) is 19.4 Å². The van der Waals surface area contributed by atoms with E-state index < -0.39 is 5.60 Å². The number of aliphatic hydroxyl groups is 1. The second-order valence-corrected chi connectivity index (χ2v) is 7.62. The van der Waals surface area contributed by atoms with E-state index in [0.29, 0.717) is 24.8 Å². The van der Waals surface area contributed by atoms with Gasteiger partial charge in [0.2, 0.25) is 5.91 Å². The highest BCUT2D eigenvalue weighted by molar-refractivity contribution is 5.93. The van der Waals surface area contributed by atoms with Crippen LogP contribution in [0.4, 0.5) is 5.69 Å². The smallest absolute Gasteiger partial charge is 0.227 e. The molecule has 0 spiro atoms. The third-order valence-corrected chi connectivity index (χ3v) is 5.09. The molecule has 7 heteroatoms. The molecule has 4 N–H and O–H groups in total. The fourth-order valence-electron chi connectivity index (χ4n) is 3.10. The van der Waals surface area contributed by atoms with Gasteiger partial charge in [0.25, 0.3) is 0 Å². The van der Waals surface area contributed by atoms with Crippen LogP contribution in [0.25, 0.3) is 0 Å². The molecule has 1 saturated carbocycles. The highest BCUT2D eigenvalue weighted by Gasteiger charge is 2.26. The third-order valence-electron chi connectivity index (χ3n) is 5.09. The van der Waals surface area contributed by atoms with E-state index in [1.807, 2.05) is 31.2 Å². The van der Waals surface area contributed by atoms with Gasteiger partial charge < -0.3 is 25.5 Å². The highest BCUT2D eigenvalue weighted by Crippen LogP contribution is 2.27. The lowest BCUT2D eigenvalue weighted by Gasteiger charge is -2.24. The lowest BCUT2D eigenvalue weighted by atomic mass is 9.85. The van der Waals surface area contributed by atoms with Crippen molar-refractivity contribution in [3.8, 4) is 0 Å². The van der Waals surface area contributed by atoms with Crippen LogP contribution in [0, 0.1) is 5.92 Å². The van der Waals surface area contributed by atoms with E-state index in [-0.39, 0.29) is 18.4 Å². The number of rotatable bonds is 8. The molecule has 1 fully saturated rings. The monoisotopic (exact) mass is 398 g/mol. The minimum Gasteiger partial charge on any atom is -0.466 e. The molecule has 0 aliphatic heterocycles. The van der Waals surface area contributed by atoms with Crippen LogP contribution in [0.5, 0.6) is 0 Å². The Morgan fingerprint density at radius 1 is 1.28 bits per heavy atom. The highest BCUT2D eigenvalue weighted by atomic mass is 16.4. The molecule has 0 saturated heterocycles. The first-order valence-electron chi connectivity index (χ1n) is 10.2. The van der Waals surface area contributed by atoms with E-state index in [0.717, 1.165) is 30.5 Å². The average Bonchev–Trinajstić information content (AvgIpc) is 3.18. The van der Waals surface area contributed by atoms with E-state index in [1.165, 1.54) is 0 Å². The fourth-order valence-corrected chi connectivity index (χ4v) is 3.10. The molecular formula is C22H30N4O3. The number of carbonyl (C=O) groups excluding carboxylic acids is 1. The predicted octanol–water partition coefficient (Wildman–Crippen LogP) is 2.98. The van der Waals surface area contributed by atoms with Gasteiger partial charge >= 0.3 is 0 Å². The number of aliphatic imine (C=N–C) groups is 1. The molecule has 1 aliphatic rings. The Labute approximate surface area is 171 Å². The molecule has 3 rings (SSSR count). The Hall–Kier alpha value is -2.80. The van der Waals surface area contributed by atoms with Gasteiger partial charge in [-0.15, -0.1) is 0 Å². The van der Waals surface area contributed by atoms with Gasteiger partial charge in [-0.2, -0.15) is 0 Å². The summed E-state index contributed by atoms with van der Waals surface area (Å²) in [6.45, 7) is 5.08. The zero-order valence-corrected chi connectivity index (χ0v) is 17.1. The minimum absolute atomic E-state index is 0.104. The van der Waals surface area contributed by atoms with Crippen molar-refractivity contribution in [2.75, 3.05) is 18.4 Å². The molecule has 156 valence electrons. The van der Waals surface area contributed by atoms with Crippen molar-refractivity contribution in [3.63, 3.8) is 0 Å². The molecule has 1 atom stereocenters. The molecule has 0 radical (unpaired) electrons. The fraction of sp³-hybridized carbons (Fsp3) is 0.455. The minimum atomic E-state index is -1.15. The zero-order chi connectivity index (χ0) is 20.7. The van der Waals surface area contributed by atoms with Gasteiger partial charge in [-0.25, -0.2) is 4.99 Å². The number of carbonyl (C=O) groups is 1. The summed E-state index contributed by atoms with van der Waals surface area (Å²) < 4.78 is 5.31. The van der Waals surface area contributed by atoms with Gasteiger partial charge in [-0.05, 0) is 56.5 Å². The summed E-state index contributed by atoms with van der Waals surface area (Å²) in [4.78, 5) is 16.7. The van der Waals surface area contributed by atoms with Gasteiger partial charge in [0.1, 0.15) is 11.4 Å². The van der Waals surface area contributed by atoms with Crippen LogP contribution in [-0.4, -0.2) is 30.1 Å². The van der Waals surface area contributed by atoms with Crippen LogP contribution in [0.1, 0.15) is 44.4 Å². The van der Waals surface area contributed by atoms with Gasteiger partial charge in [0, 0.05) is 18.2 Å². The van der Waals surface area contributed by atoms with E-state index in [9.17, 15) is 9.90 Å². The van der Waals surface area contributed by atoms with Crippen LogP contribution in [0.3, 0.4) is 0 Å². The van der Waals surface area contributed by atoms with Gasteiger partial charge in [0.15, 0.2) is 5.96 Å². The average molecular weight is 399 g/mol. The zero-order valence-electron chi connectivity index (χ0n) is 17.1. The van der Waals surface area contributed by atoms with E-state index in [2.05, 4.69) is 20.9 Å². The maximum atomic E-state index is 12.1. The van der Waals surface area contributed by atoms with Crippen LogP contribution in [-0.2, 0) is 16.9 Å². The second kappa shape index (κ2) is 9.60. The number of nitrogens with zero attached hydrogens (tertiary/aromatic N) is 1. The van der Waals surface area contributed by atoms with E-state index in [1.54, 1.807) is 25.3 Å². The number of amides is 1. The third kappa shape index (κ3) is 5.84. The first-order valence-corrected chi connectivity index (χ1v) is 10.2. The first-order chi connectivity index (χ1) is 14.0. The SMILES string of the molecule is CCNC(=NCc1cccc(NC(=O)C2CCC2)c1)NCC(C)(O)c1ccco1. The molecule has 1 aromatic carbocycles. The molecule has 1 aliphatic carbocycles. The van der Waals surface area contributed by atoms with Crippen LogP contribution < -0.4 is 16.0 Å². The molecule has 0 bridgehead atoms. The molecule has 1 aromatic heterocycles. The van der Waals surface area contributed by atoms with Crippen LogP contribution >= 0.6 is 0 Å². The van der Waals surface area contributed by atoms with E-state index in [4.69, 9.17) is 4.42 Å². The molecule has 2 aromatic rings. The number of guanidine groups is 1. The summed E-state index contributed by atoms with van der Waals surface area (Å²) in [6.07, 6.45) is 4.64. The summed E-state index contributed by atoms with van der Waals surface area (Å²) in [6, 6.07) is 11.2. The Morgan fingerprint density at radius 2 is 2.10 bits per heavy atom. The molecule has 1 amide bonds. The number of hydrogen-bond donors (Lipinski definition) is 4. The van der Waals surface area contributed by atoms with Crippen LogP contribution in [0.15, 0.2) is 52.1 Å². The molecule has 1 heterocycles. The predicted molar refractivity (Wildman–Crippen MR) is 114 cm³/mol. The lowest BCUT2D eigenvalue weighted by molar-refractivity contribution is -0.122. The summed E-state index contributed by atoms with van der Waals surface area (Å²) in [5.74, 6) is 1.36. The maximum Gasteiger partial charge on any atom is 0.227 e. The first kappa shape index (κ1) is 20.9. The molecule has 29 heavy (non-hydrogen) atoms. The van der Waals surface area contributed by atoms with E-state index >= 15 is 0 Å². The normalized spacial score (nSPS) is 16.6. The van der Waals surface area contributed by atoms with Gasteiger partial charge in [-0.3, -0.25) is 4.79 Å². The van der Waals surface area contributed by atoms with Crippen molar-refractivity contribution in [3.05, 3.63) is 54.0 Å². The lowest BCUT2D eigenvalue weighted by Crippen LogP contribution is -2.44. The van der Waals surface area contributed by atoms with Crippen molar-refractivity contribution < 1.29 is 14.3 Å². The Kier molecular flexibility index (Phi) is 6.93. The number of nitrogens with one attached hydrogen (secondary N) is 3. The van der Waals surface area contributed by atoms with Crippen molar-refractivity contribution in [1.29, 1.82) is 0 Å². The quantitative estimate of drug-likeness (QED) is 0.405. The summed E-state index contributed by atoms with van der Waals surface area (Å²) >= 11 is 0. The van der Waals surface area contributed by atoms with Crippen molar-refractivity contribution in [1.82, 2.24) is 10.6 Å². The van der Waals surface area contributed by atoms with Crippen molar-refractivity contribution >= 4 is 17.6 Å². The molecular weight excluding hydrogens is 368 g/mol. The summed E-state index contributed by atoms with van der Waals surface area (Å²) in [7, 11) is 0. The number of benzene rings is 1. The largest absolute Gasteiger partial charge is 0.466 e. The summed E-state index contributed by atoms with van der Waals surface area (Å²) in [5.41, 5.74) is 0.644. The number of furan rings is 1. The Bertz CT molecular complexity index is 826. The maximum absolute atomic E-state index is 12.1. The molecule has 7 nitrogen and oxygen atoms in total. The van der Waals surface area contributed by atoms with Crippen molar-refractivity contribution in [2.24, 2.45) is 10.9 Å². The standard InChI is InChI=1S/C22H30N4O3/c1-3-23-21(25-15-22(2,28)19-11-6-12-29-19)24-14-16-7-4-10-18(13-16)26-20(27)17-8-5-9-17/h4,6-7,10-13,17,28H,3,5,8-9,14-15H2,1-2H3,(H,26,27)(H2,23,24,25). The molecule has 1 unspecified atom stereocenters. The number of anilines is 1. The summed E-state index contributed by atoms with van der Waals surface area (Å²) in [5, 5.41) is 19.9. The number of hydrogen-bond acceptors (Lipinski definition) is 4. The topological polar surface area (TPSA) is 98.9 Å².